The van der Waals surface area contributed by atoms with E-state index >= 15 is 0 Å². The predicted molar refractivity (Wildman–Crippen MR) is 40.1 cm³/mol. The van der Waals surface area contributed by atoms with Crippen molar-refractivity contribution in [3.8, 4) is 0 Å². The summed E-state index contributed by atoms with van der Waals surface area (Å²) in [4.78, 5) is 22.9. The van der Waals surface area contributed by atoms with Gasteiger partial charge in [-0.3, -0.25) is 19.8 Å². The summed E-state index contributed by atoms with van der Waals surface area (Å²) in [6, 6.07) is -0.299. The number of likely N-dealkylation sites (N-methyl/N-ethyl adjacent to an activating group) is 1. The van der Waals surface area contributed by atoms with E-state index in [1.54, 1.807) is 0 Å². The topological polar surface area (TPSA) is 49.4 Å². The van der Waals surface area contributed by atoms with Gasteiger partial charge in [0.1, 0.15) is 0 Å². The molecule has 62 valence electrons. The van der Waals surface area contributed by atoms with Crippen molar-refractivity contribution in [2.45, 2.75) is 19.1 Å². The molecule has 1 fully saturated rings. The van der Waals surface area contributed by atoms with Crippen molar-refractivity contribution in [3.05, 3.63) is 0 Å². The maximum Gasteiger partial charge on any atom is 0.213 e. The van der Waals surface area contributed by atoms with Crippen molar-refractivity contribution in [1.82, 2.24) is 10.2 Å². The first kappa shape index (κ1) is 8.36. The van der Waals surface area contributed by atoms with E-state index < -0.39 is 0 Å². The number of ketones is 1. The summed E-state index contributed by atoms with van der Waals surface area (Å²) in [6.45, 7) is 2.58. The number of aldehydes is 1. The standard InChI is InChI=1S/C7H12N2O2/c1-5-8-6(3-9(5)2)7(11)4-10/h4-6,8H,3H2,1-2H3. The van der Waals surface area contributed by atoms with Crippen LogP contribution in [0.15, 0.2) is 0 Å². The fourth-order valence-corrected chi connectivity index (χ4v) is 1.17. The Morgan fingerprint density at radius 2 is 2.36 bits per heavy atom. The zero-order valence-corrected chi connectivity index (χ0v) is 6.70. The molecule has 1 heterocycles. The maximum atomic E-state index is 10.8. The number of rotatable bonds is 2. The van der Waals surface area contributed by atoms with Crippen LogP contribution in [-0.2, 0) is 9.59 Å². The number of hydrogen-bond acceptors (Lipinski definition) is 4. The molecule has 1 aliphatic heterocycles. The lowest BCUT2D eigenvalue weighted by Crippen LogP contribution is -2.36. The van der Waals surface area contributed by atoms with Gasteiger partial charge in [-0.15, -0.1) is 0 Å². The number of nitrogens with zero attached hydrogens (tertiary/aromatic N) is 1. The summed E-state index contributed by atoms with van der Waals surface area (Å²) in [6.07, 6.45) is 0.563. The molecule has 0 aromatic rings. The molecule has 2 unspecified atom stereocenters. The lowest BCUT2D eigenvalue weighted by atomic mass is 10.2. The van der Waals surface area contributed by atoms with Crippen LogP contribution in [0.5, 0.6) is 0 Å². The second-order valence-electron chi connectivity index (χ2n) is 2.86. The minimum absolute atomic E-state index is 0.184. The van der Waals surface area contributed by atoms with Gasteiger partial charge in [0.2, 0.25) is 5.78 Å². The second-order valence-corrected chi connectivity index (χ2v) is 2.86. The molecule has 1 saturated heterocycles. The van der Waals surface area contributed by atoms with Gasteiger partial charge in [-0.1, -0.05) is 0 Å². The van der Waals surface area contributed by atoms with Gasteiger partial charge in [0.05, 0.1) is 12.2 Å². The second kappa shape index (κ2) is 3.11. The molecule has 0 aromatic heterocycles. The average molecular weight is 156 g/mol. The molecule has 0 spiro atoms. The third-order valence-electron chi connectivity index (χ3n) is 2.03. The first-order chi connectivity index (χ1) is 5.15. The van der Waals surface area contributed by atoms with Gasteiger partial charge >= 0.3 is 0 Å². The maximum absolute atomic E-state index is 10.8. The molecule has 0 saturated carbocycles. The smallest absolute Gasteiger partial charge is 0.213 e. The fourth-order valence-electron chi connectivity index (χ4n) is 1.17. The third kappa shape index (κ3) is 1.64. The van der Waals surface area contributed by atoms with E-state index in [4.69, 9.17) is 0 Å². The van der Waals surface area contributed by atoms with Crippen LogP contribution in [0.2, 0.25) is 0 Å². The first-order valence-electron chi connectivity index (χ1n) is 3.60. The normalized spacial score (nSPS) is 32.2. The summed E-state index contributed by atoms with van der Waals surface area (Å²) in [5.74, 6) is -0.360. The quantitative estimate of drug-likeness (QED) is 0.412. The van der Waals surface area contributed by atoms with Crippen LogP contribution < -0.4 is 5.32 Å². The highest BCUT2D eigenvalue weighted by atomic mass is 16.2. The molecular formula is C7H12N2O2. The Morgan fingerprint density at radius 3 is 2.73 bits per heavy atom. The highest BCUT2D eigenvalue weighted by molar-refractivity contribution is 6.27. The molecule has 0 amide bonds. The van der Waals surface area contributed by atoms with Crippen molar-refractivity contribution in [3.63, 3.8) is 0 Å². The van der Waals surface area contributed by atoms with E-state index in [0.717, 1.165) is 0 Å². The van der Waals surface area contributed by atoms with Gasteiger partial charge in [-0.2, -0.15) is 0 Å². The number of carbonyl (C=O) groups excluding carboxylic acids is 2. The molecule has 1 N–H and O–H groups in total. The Balaban J connectivity index is 2.53. The van der Waals surface area contributed by atoms with Crippen LogP contribution in [0.3, 0.4) is 0 Å². The molecule has 0 aliphatic carbocycles. The number of carbonyl (C=O) groups is 2. The van der Waals surface area contributed by atoms with E-state index in [1.165, 1.54) is 0 Å². The molecule has 4 nitrogen and oxygen atoms in total. The Bertz CT molecular complexity index is 171. The Hall–Kier alpha value is -0.740. The fraction of sp³-hybridized carbons (Fsp3) is 0.714. The zero-order chi connectivity index (χ0) is 8.43. The monoisotopic (exact) mass is 156 g/mol. The Morgan fingerprint density at radius 1 is 1.73 bits per heavy atom. The number of hydrogen-bond donors (Lipinski definition) is 1. The molecule has 0 radical (unpaired) electrons. The van der Waals surface area contributed by atoms with Gasteiger partial charge in [0.25, 0.3) is 0 Å². The van der Waals surface area contributed by atoms with Crippen LogP contribution in [0.25, 0.3) is 0 Å². The minimum Gasteiger partial charge on any atom is -0.295 e. The minimum atomic E-state index is -0.360. The summed E-state index contributed by atoms with van der Waals surface area (Å²) >= 11 is 0. The number of Topliss-reactive ketones (excluding diaryl/α,β-unsaturated/α-hetero) is 1. The molecule has 1 aliphatic rings. The molecule has 11 heavy (non-hydrogen) atoms. The van der Waals surface area contributed by atoms with Crippen LogP contribution in [0.4, 0.5) is 0 Å². The van der Waals surface area contributed by atoms with Crippen LogP contribution in [-0.4, -0.2) is 42.8 Å². The lowest BCUT2D eigenvalue weighted by Gasteiger charge is -2.11. The highest BCUT2D eigenvalue weighted by Gasteiger charge is 2.29. The molecule has 2 atom stereocenters. The van der Waals surface area contributed by atoms with Crippen molar-refractivity contribution in [2.24, 2.45) is 0 Å². The average Bonchev–Trinajstić information content (AvgIpc) is 2.31. The number of nitrogens with one attached hydrogen (secondary N) is 1. The Labute approximate surface area is 65.6 Å². The Kier molecular flexibility index (Phi) is 2.36. The molecule has 0 bridgehead atoms. The van der Waals surface area contributed by atoms with Gasteiger partial charge < -0.3 is 0 Å². The summed E-state index contributed by atoms with van der Waals surface area (Å²) in [5, 5.41) is 3.00. The van der Waals surface area contributed by atoms with Crippen molar-refractivity contribution in [2.75, 3.05) is 13.6 Å². The van der Waals surface area contributed by atoms with Crippen molar-refractivity contribution in [1.29, 1.82) is 0 Å². The molecule has 0 aromatic carbocycles. The van der Waals surface area contributed by atoms with Crippen molar-refractivity contribution < 1.29 is 9.59 Å². The summed E-state index contributed by atoms with van der Waals surface area (Å²) in [7, 11) is 1.91. The van der Waals surface area contributed by atoms with E-state index in [2.05, 4.69) is 5.32 Å². The zero-order valence-electron chi connectivity index (χ0n) is 6.70. The van der Waals surface area contributed by atoms with Crippen LogP contribution in [0, 0.1) is 0 Å². The highest BCUT2D eigenvalue weighted by Crippen LogP contribution is 2.04. The van der Waals surface area contributed by atoms with Gasteiger partial charge in [0.15, 0.2) is 6.29 Å². The van der Waals surface area contributed by atoms with Gasteiger partial charge in [0, 0.05) is 6.54 Å². The molecule has 1 rings (SSSR count). The van der Waals surface area contributed by atoms with Crippen LogP contribution >= 0.6 is 0 Å². The SMILES string of the molecule is CC1NC(C(=O)C=O)CN1C. The van der Waals surface area contributed by atoms with E-state index in [1.807, 2.05) is 18.9 Å². The van der Waals surface area contributed by atoms with Crippen molar-refractivity contribution >= 4 is 12.1 Å². The van der Waals surface area contributed by atoms with Gasteiger partial charge in [-0.25, -0.2) is 0 Å². The lowest BCUT2D eigenvalue weighted by molar-refractivity contribution is -0.130. The largest absolute Gasteiger partial charge is 0.295 e. The van der Waals surface area contributed by atoms with E-state index in [9.17, 15) is 9.59 Å². The summed E-state index contributed by atoms with van der Waals surface area (Å²) in [5.41, 5.74) is 0. The van der Waals surface area contributed by atoms with Crippen LogP contribution in [0.1, 0.15) is 6.92 Å². The van der Waals surface area contributed by atoms with Gasteiger partial charge in [-0.05, 0) is 14.0 Å². The van der Waals surface area contributed by atoms with E-state index in [-0.39, 0.29) is 18.0 Å². The predicted octanol–water partition coefficient (Wildman–Crippen LogP) is -0.996. The molecule has 4 heteroatoms. The molecular weight excluding hydrogens is 144 g/mol. The van der Waals surface area contributed by atoms with E-state index in [0.29, 0.717) is 12.8 Å². The third-order valence-corrected chi connectivity index (χ3v) is 2.03. The first-order valence-corrected chi connectivity index (χ1v) is 3.60. The summed E-state index contributed by atoms with van der Waals surface area (Å²) < 4.78 is 0.